The summed E-state index contributed by atoms with van der Waals surface area (Å²) in [5.74, 6) is 4.24. The van der Waals surface area contributed by atoms with Crippen molar-refractivity contribution in [2.75, 3.05) is 20.8 Å². The number of rotatable bonds is 5. The van der Waals surface area contributed by atoms with Gasteiger partial charge in [-0.2, -0.15) is 0 Å². The van der Waals surface area contributed by atoms with E-state index in [1.807, 2.05) is 48.5 Å². The van der Waals surface area contributed by atoms with Gasteiger partial charge in [-0.25, -0.2) is 0 Å². The van der Waals surface area contributed by atoms with Crippen LogP contribution in [-0.2, 0) is 5.41 Å². The third kappa shape index (κ3) is 2.72. The minimum atomic E-state index is -0.876. The Labute approximate surface area is 125 Å². The average Bonchev–Trinajstić information content (AvgIpc) is 2.57. The summed E-state index contributed by atoms with van der Waals surface area (Å²) in [4.78, 5) is 0. The molecule has 2 aromatic rings. The number of ether oxygens (including phenoxy) is 2. The van der Waals surface area contributed by atoms with Crippen LogP contribution in [0.15, 0.2) is 48.5 Å². The van der Waals surface area contributed by atoms with Crippen LogP contribution in [0, 0.1) is 12.3 Å². The third-order valence-electron chi connectivity index (χ3n) is 3.65. The molecule has 0 amide bonds. The first-order chi connectivity index (χ1) is 10.2. The molecule has 0 heterocycles. The third-order valence-corrected chi connectivity index (χ3v) is 3.65. The van der Waals surface area contributed by atoms with E-state index in [2.05, 4.69) is 5.92 Å². The molecule has 0 fully saturated rings. The lowest BCUT2D eigenvalue weighted by molar-refractivity contribution is 0.252. The molecule has 0 aliphatic carbocycles. The largest absolute Gasteiger partial charge is 0.497 e. The van der Waals surface area contributed by atoms with Crippen LogP contribution >= 0.6 is 0 Å². The lowest BCUT2D eigenvalue weighted by Crippen LogP contribution is -2.30. The summed E-state index contributed by atoms with van der Waals surface area (Å²) < 4.78 is 10.3. The van der Waals surface area contributed by atoms with Crippen molar-refractivity contribution in [3.63, 3.8) is 0 Å². The lowest BCUT2D eigenvalue weighted by Gasteiger charge is -2.27. The van der Waals surface area contributed by atoms with Crippen LogP contribution < -0.4 is 9.47 Å². The number of aliphatic hydroxyl groups excluding tert-OH is 1. The number of terminal acetylenes is 1. The number of aliphatic hydroxyl groups is 1. The van der Waals surface area contributed by atoms with Crippen LogP contribution in [0.3, 0.4) is 0 Å². The zero-order valence-electron chi connectivity index (χ0n) is 12.2. The van der Waals surface area contributed by atoms with Crippen molar-refractivity contribution in [3.05, 3.63) is 59.7 Å². The van der Waals surface area contributed by atoms with E-state index in [9.17, 15) is 5.11 Å². The maximum atomic E-state index is 9.93. The molecule has 0 aliphatic heterocycles. The minimum absolute atomic E-state index is 0.178. The molecule has 0 bridgehead atoms. The van der Waals surface area contributed by atoms with Gasteiger partial charge in [0.2, 0.25) is 0 Å². The molecular weight excluding hydrogens is 264 g/mol. The van der Waals surface area contributed by atoms with Crippen LogP contribution in [0.2, 0.25) is 0 Å². The molecule has 1 N–H and O–H groups in total. The molecule has 21 heavy (non-hydrogen) atoms. The number of benzene rings is 2. The van der Waals surface area contributed by atoms with Crippen molar-refractivity contribution in [3.8, 4) is 23.8 Å². The van der Waals surface area contributed by atoms with Crippen molar-refractivity contribution in [1.82, 2.24) is 0 Å². The van der Waals surface area contributed by atoms with Crippen molar-refractivity contribution in [1.29, 1.82) is 0 Å². The maximum absolute atomic E-state index is 9.93. The molecular formula is C18H18O3. The first-order valence-electron chi connectivity index (χ1n) is 6.58. The Balaban J connectivity index is 2.50. The fourth-order valence-electron chi connectivity index (χ4n) is 2.31. The fourth-order valence-corrected chi connectivity index (χ4v) is 2.31. The van der Waals surface area contributed by atoms with E-state index < -0.39 is 5.41 Å². The molecule has 3 heteroatoms. The van der Waals surface area contributed by atoms with E-state index >= 15 is 0 Å². The molecule has 0 unspecified atom stereocenters. The van der Waals surface area contributed by atoms with Crippen LogP contribution in [0.4, 0.5) is 0 Å². The Morgan fingerprint density at radius 1 is 0.905 bits per heavy atom. The van der Waals surface area contributed by atoms with Gasteiger partial charge in [0, 0.05) is 0 Å². The van der Waals surface area contributed by atoms with Crippen molar-refractivity contribution < 1.29 is 14.6 Å². The van der Waals surface area contributed by atoms with Gasteiger partial charge in [-0.3, -0.25) is 0 Å². The highest BCUT2D eigenvalue weighted by Gasteiger charge is 2.31. The molecule has 0 saturated carbocycles. The molecule has 3 nitrogen and oxygen atoms in total. The summed E-state index contributed by atoms with van der Waals surface area (Å²) in [6, 6.07) is 14.8. The first-order valence-corrected chi connectivity index (χ1v) is 6.58. The van der Waals surface area contributed by atoms with Crippen LogP contribution in [0.25, 0.3) is 0 Å². The molecule has 0 aromatic heterocycles. The van der Waals surface area contributed by atoms with Crippen molar-refractivity contribution in [2.45, 2.75) is 5.41 Å². The molecule has 0 radical (unpaired) electrons. The van der Waals surface area contributed by atoms with E-state index in [1.54, 1.807) is 14.2 Å². The van der Waals surface area contributed by atoms with Gasteiger partial charge in [-0.05, 0) is 35.4 Å². The van der Waals surface area contributed by atoms with Gasteiger partial charge in [0.25, 0.3) is 0 Å². The Bertz CT molecular complexity index is 574. The number of methoxy groups -OCH3 is 2. The number of hydrogen-bond acceptors (Lipinski definition) is 3. The summed E-state index contributed by atoms with van der Waals surface area (Å²) >= 11 is 0. The van der Waals surface area contributed by atoms with Crippen LogP contribution in [-0.4, -0.2) is 25.9 Å². The van der Waals surface area contributed by atoms with Gasteiger partial charge in [-0.1, -0.05) is 30.2 Å². The molecule has 0 spiro atoms. The van der Waals surface area contributed by atoms with Crippen LogP contribution in [0.5, 0.6) is 11.5 Å². The average molecular weight is 282 g/mol. The van der Waals surface area contributed by atoms with Gasteiger partial charge in [0.1, 0.15) is 16.9 Å². The van der Waals surface area contributed by atoms with Gasteiger partial charge in [-0.15, -0.1) is 6.42 Å². The molecule has 0 saturated heterocycles. The van der Waals surface area contributed by atoms with Gasteiger partial charge < -0.3 is 14.6 Å². The topological polar surface area (TPSA) is 38.7 Å². The Morgan fingerprint density at radius 3 is 1.52 bits per heavy atom. The summed E-state index contributed by atoms with van der Waals surface area (Å²) in [5, 5.41) is 9.93. The second-order valence-corrected chi connectivity index (χ2v) is 4.66. The Hall–Kier alpha value is -2.44. The quantitative estimate of drug-likeness (QED) is 0.857. The van der Waals surface area contributed by atoms with E-state index in [0.29, 0.717) is 0 Å². The SMILES string of the molecule is C#CC(CO)(c1ccc(OC)cc1)c1ccc(OC)cc1. The molecule has 0 atom stereocenters. The zero-order valence-corrected chi connectivity index (χ0v) is 12.2. The number of hydrogen-bond donors (Lipinski definition) is 1. The van der Waals surface area contributed by atoms with E-state index in [-0.39, 0.29) is 6.61 Å². The highest BCUT2D eigenvalue weighted by Crippen LogP contribution is 2.33. The summed E-state index contributed by atoms with van der Waals surface area (Å²) in [6.45, 7) is -0.178. The van der Waals surface area contributed by atoms with Gasteiger partial charge >= 0.3 is 0 Å². The van der Waals surface area contributed by atoms with Gasteiger partial charge in [0.15, 0.2) is 0 Å². The normalized spacial score (nSPS) is 10.8. The molecule has 0 aliphatic rings. The summed E-state index contributed by atoms with van der Waals surface area (Å²) in [5.41, 5.74) is 0.815. The summed E-state index contributed by atoms with van der Waals surface area (Å²) in [6.07, 6.45) is 5.75. The van der Waals surface area contributed by atoms with Crippen molar-refractivity contribution in [2.24, 2.45) is 0 Å². The van der Waals surface area contributed by atoms with Crippen LogP contribution in [0.1, 0.15) is 11.1 Å². The monoisotopic (exact) mass is 282 g/mol. The highest BCUT2D eigenvalue weighted by atomic mass is 16.5. The standard InChI is InChI=1S/C18H18O3/c1-4-18(13-19,14-5-9-16(20-2)10-6-14)15-7-11-17(21-3)12-8-15/h1,5-12,19H,13H2,2-3H3. The van der Waals surface area contributed by atoms with Crippen molar-refractivity contribution >= 4 is 0 Å². The summed E-state index contributed by atoms with van der Waals surface area (Å²) in [7, 11) is 3.22. The van der Waals surface area contributed by atoms with E-state index in [0.717, 1.165) is 22.6 Å². The predicted molar refractivity (Wildman–Crippen MR) is 82.7 cm³/mol. The Morgan fingerprint density at radius 2 is 1.29 bits per heavy atom. The first kappa shape index (κ1) is 15.0. The molecule has 108 valence electrons. The molecule has 2 rings (SSSR count). The van der Waals surface area contributed by atoms with E-state index in [1.165, 1.54) is 0 Å². The maximum Gasteiger partial charge on any atom is 0.118 e. The van der Waals surface area contributed by atoms with E-state index in [4.69, 9.17) is 15.9 Å². The fraction of sp³-hybridized carbons (Fsp3) is 0.222. The second kappa shape index (κ2) is 6.34. The lowest BCUT2D eigenvalue weighted by atomic mass is 9.76. The smallest absolute Gasteiger partial charge is 0.118 e. The predicted octanol–water partition coefficient (Wildman–Crippen LogP) is 2.62. The highest BCUT2D eigenvalue weighted by molar-refractivity contribution is 5.49. The molecule has 2 aromatic carbocycles. The second-order valence-electron chi connectivity index (χ2n) is 4.66. The Kier molecular flexibility index (Phi) is 4.52. The van der Waals surface area contributed by atoms with Gasteiger partial charge in [0.05, 0.1) is 20.8 Å². The minimum Gasteiger partial charge on any atom is -0.497 e. The zero-order chi connectivity index (χ0) is 15.3.